The van der Waals surface area contributed by atoms with E-state index in [0.717, 1.165) is 10.9 Å². The van der Waals surface area contributed by atoms with Gasteiger partial charge in [-0.2, -0.15) is 0 Å². The molecule has 0 aliphatic heterocycles. The Morgan fingerprint density at radius 3 is 2.48 bits per heavy atom. The molecule has 138 valence electrons. The third-order valence-corrected chi connectivity index (χ3v) is 3.58. The van der Waals surface area contributed by atoms with E-state index in [2.05, 4.69) is 16.2 Å². The molecule has 27 heavy (non-hydrogen) atoms. The van der Waals surface area contributed by atoms with Crippen LogP contribution in [-0.2, 0) is 4.79 Å². The van der Waals surface area contributed by atoms with Gasteiger partial charge >= 0.3 is 6.03 Å². The number of para-hydroxylation sites is 1. The second-order valence-corrected chi connectivity index (χ2v) is 5.71. The van der Waals surface area contributed by atoms with Crippen molar-refractivity contribution in [2.75, 3.05) is 6.61 Å². The van der Waals surface area contributed by atoms with Gasteiger partial charge in [-0.15, -0.1) is 0 Å². The Labute approximate surface area is 154 Å². The van der Waals surface area contributed by atoms with Crippen molar-refractivity contribution in [2.45, 2.75) is 6.92 Å². The largest absolute Gasteiger partial charge is 0.484 e. The fourth-order valence-corrected chi connectivity index (χ4v) is 2.24. The summed E-state index contributed by atoms with van der Waals surface area (Å²) in [6, 6.07) is 14.9. The van der Waals surface area contributed by atoms with Crippen molar-refractivity contribution >= 4 is 28.8 Å². The quantitative estimate of drug-likeness (QED) is 0.613. The zero-order valence-corrected chi connectivity index (χ0v) is 14.4. The number of rotatable bonds is 4. The molecule has 0 radical (unpaired) electrons. The molecule has 1 heterocycles. The van der Waals surface area contributed by atoms with Crippen LogP contribution < -0.4 is 20.9 Å². The van der Waals surface area contributed by atoms with E-state index < -0.39 is 17.8 Å². The fraction of sp³-hybridized carbons (Fsp3) is 0.105. The monoisotopic (exact) mass is 367 g/mol. The number of amides is 4. The highest BCUT2D eigenvalue weighted by Crippen LogP contribution is 2.18. The molecule has 2 aromatic carbocycles. The number of imide groups is 1. The molecule has 3 aromatic rings. The van der Waals surface area contributed by atoms with Crippen molar-refractivity contribution in [3.05, 3.63) is 65.9 Å². The normalized spacial score (nSPS) is 10.3. The number of fused-ring (bicyclic) bond motifs is 1. The summed E-state index contributed by atoms with van der Waals surface area (Å²) in [5.41, 5.74) is 5.81. The number of hydrogen-bond acceptors (Lipinski definition) is 5. The van der Waals surface area contributed by atoms with Gasteiger partial charge in [0.05, 0.1) is 0 Å². The maximum absolute atomic E-state index is 12.0. The van der Waals surface area contributed by atoms with Gasteiger partial charge < -0.3 is 9.15 Å². The van der Waals surface area contributed by atoms with Gasteiger partial charge in [-0.25, -0.2) is 10.2 Å². The van der Waals surface area contributed by atoms with Crippen LogP contribution in [0.3, 0.4) is 0 Å². The van der Waals surface area contributed by atoms with Crippen molar-refractivity contribution in [1.82, 2.24) is 16.2 Å². The predicted octanol–water partition coefficient (Wildman–Crippen LogP) is 2.29. The number of hydrogen-bond donors (Lipinski definition) is 3. The summed E-state index contributed by atoms with van der Waals surface area (Å²) in [4.78, 5) is 35.4. The van der Waals surface area contributed by atoms with Crippen molar-refractivity contribution in [3.8, 4) is 5.75 Å². The molecule has 0 aliphatic carbocycles. The van der Waals surface area contributed by atoms with Crippen LogP contribution >= 0.6 is 0 Å². The Bertz CT molecular complexity index is 945. The molecule has 0 bridgehead atoms. The van der Waals surface area contributed by atoms with E-state index >= 15 is 0 Å². The molecule has 4 amide bonds. The number of carbonyl (C=O) groups is 3. The molecule has 1 aromatic heterocycles. The number of ether oxygens (including phenoxy) is 1. The first-order chi connectivity index (χ1) is 13.0. The van der Waals surface area contributed by atoms with E-state index in [1.54, 1.807) is 36.4 Å². The summed E-state index contributed by atoms with van der Waals surface area (Å²) in [5.74, 6) is -0.795. The van der Waals surface area contributed by atoms with E-state index in [0.29, 0.717) is 11.3 Å². The Morgan fingerprint density at radius 2 is 1.74 bits per heavy atom. The minimum atomic E-state index is -0.899. The molecule has 0 fully saturated rings. The van der Waals surface area contributed by atoms with Crippen LogP contribution in [0.4, 0.5) is 4.79 Å². The van der Waals surface area contributed by atoms with Gasteiger partial charge in [0.15, 0.2) is 12.4 Å². The highest BCUT2D eigenvalue weighted by Gasteiger charge is 2.15. The summed E-state index contributed by atoms with van der Waals surface area (Å²) in [6.45, 7) is 1.65. The zero-order valence-electron chi connectivity index (χ0n) is 14.4. The maximum atomic E-state index is 12.0. The van der Waals surface area contributed by atoms with Gasteiger partial charge in [-0.1, -0.05) is 35.9 Å². The Morgan fingerprint density at radius 1 is 1.00 bits per heavy atom. The minimum absolute atomic E-state index is 0.0135. The Kier molecular flexibility index (Phi) is 5.36. The van der Waals surface area contributed by atoms with Crippen LogP contribution in [-0.4, -0.2) is 24.5 Å². The van der Waals surface area contributed by atoms with Crippen LogP contribution in [0, 0.1) is 6.92 Å². The Hall–Kier alpha value is -3.81. The summed E-state index contributed by atoms with van der Waals surface area (Å²) in [5, 5.41) is 2.79. The summed E-state index contributed by atoms with van der Waals surface area (Å²) >= 11 is 0. The van der Waals surface area contributed by atoms with Crippen molar-refractivity contribution in [1.29, 1.82) is 0 Å². The lowest BCUT2D eigenvalue weighted by atomic mass is 10.2. The number of aryl methyl sites for hydroxylation is 1. The van der Waals surface area contributed by atoms with Crippen molar-refractivity contribution < 1.29 is 23.5 Å². The van der Waals surface area contributed by atoms with Crippen molar-refractivity contribution in [2.24, 2.45) is 0 Å². The standard InChI is InChI=1S/C19H17N3O5/c1-12-6-8-14(9-7-12)26-11-17(23)21-22-19(25)20-18(24)16-10-13-4-2-3-5-15(13)27-16/h2-10H,11H2,1H3,(H,21,23)(H2,20,22,24,25). The number of urea groups is 1. The van der Waals surface area contributed by atoms with Crippen LogP contribution in [0.2, 0.25) is 0 Å². The van der Waals surface area contributed by atoms with Crippen molar-refractivity contribution in [3.63, 3.8) is 0 Å². The van der Waals surface area contributed by atoms with E-state index in [1.807, 2.05) is 19.1 Å². The lowest BCUT2D eigenvalue weighted by molar-refractivity contribution is -0.123. The van der Waals surface area contributed by atoms with Crippen LogP contribution in [0.25, 0.3) is 11.0 Å². The number of hydrazine groups is 1. The second kappa shape index (κ2) is 8.05. The molecule has 3 rings (SSSR count). The highest BCUT2D eigenvalue weighted by molar-refractivity contribution is 6.04. The summed E-state index contributed by atoms with van der Waals surface area (Å²) in [7, 11) is 0. The van der Waals surface area contributed by atoms with Gasteiger partial charge in [0.25, 0.3) is 11.8 Å². The van der Waals surface area contributed by atoms with Gasteiger partial charge in [0.1, 0.15) is 11.3 Å². The van der Waals surface area contributed by atoms with Gasteiger partial charge in [0, 0.05) is 5.39 Å². The number of carbonyl (C=O) groups excluding carboxylic acids is 3. The molecule has 0 saturated carbocycles. The van der Waals surface area contributed by atoms with E-state index in [-0.39, 0.29) is 12.4 Å². The van der Waals surface area contributed by atoms with Crippen LogP contribution in [0.1, 0.15) is 16.1 Å². The number of furan rings is 1. The minimum Gasteiger partial charge on any atom is -0.484 e. The molecule has 0 aliphatic rings. The number of nitrogens with one attached hydrogen (secondary N) is 3. The molecular formula is C19H17N3O5. The highest BCUT2D eigenvalue weighted by atomic mass is 16.5. The number of benzene rings is 2. The lowest BCUT2D eigenvalue weighted by Gasteiger charge is -2.09. The lowest BCUT2D eigenvalue weighted by Crippen LogP contribution is -2.49. The zero-order chi connectivity index (χ0) is 19.2. The molecule has 0 atom stereocenters. The molecule has 3 N–H and O–H groups in total. The first-order valence-electron chi connectivity index (χ1n) is 8.09. The first kappa shape index (κ1) is 18.0. The molecule has 8 heteroatoms. The summed E-state index contributed by atoms with van der Waals surface area (Å²) in [6.07, 6.45) is 0. The smallest absolute Gasteiger partial charge is 0.340 e. The average Bonchev–Trinajstić information content (AvgIpc) is 3.10. The third kappa shape index (κ3) is 4.85. The topological polar surface area (TPSA) is 110 Å². The average molecular weight is 367 g/mol. The van der Waals surface area contributed by atoms with Gasteiger partial charge in [-0.05, 0) is 31.2 Å². The molecule has 0 saturated heterocycles. The maximum Gasteiger partial charge on any atom is 0.340 e. The molecule has 0 unspecified atom stereocenters. The van der Waals surface area contributed by atoms with Gasteiger partial charge in [-0.3, -0.25) is 20.3 Å². The second-order valence-electron chi connectivity index (χ2n) is 5.71. The van der Waals surface area contributed by atoms with E-state index in [4.69, 9.17) is 9.15 Å². The predicted molar refractivity (Wildman–Crippen MR) is 97.0 cm³/mol. The SMILES string of the molecule is Cc1ccc(OCC(=O)NNC(=O)NC(=O)c2cc3ccccc3o2)cc1. The molecular weight excluding hydrogens is 350 g/mol. The first-order valence-corrected chi connectivity index (χ1v) is 8.09. The van der Waals surface area contributed by atoms with Crippen LogP contribution in [0.5, 0.6) is 5.75 Å². The third-order valence-electron chi connectivity index (χ3n) is 3.58. The fourth-order valence-electron chi connectivity index (χ4n) is 2.24. The van der Waals surface area contributed by atoms with E-state index in [1.165, 1.54) is 6.07 Å². The van der Waals surface area contributed by atoms with E-state index in [9.17, 15) is 14.4 Å². The Balaban J connectivity index is 1.43. The molecule has 8 nitrogen and oxygen atoms in total. The van der Waals surface area contributed by atoms with Crippen LogP contribution in [0.15, 0.2) is 59.0 Å². The molecule has 0 spiro atoms. The summed E-state index contributed by atoms with van der Waals surface area (Å²) < 4.78 is 10.6. The van der Waals surface area contributed by atoms with Gasteiger partial charge in [0.2, 0.25) is 0 Å².